The Morgan fingerprint density at radius 2 is 2.21 bits per heavy atom. The van der Waals surface area contributed by atoms with Crippen molar-refractivity contribution in [3.05, 3.63) is 0 Å². The van der Waals surface area contributed by atoms with E-state index in [4.69, 9.17) is 5.11 Å². The van der Waals surface area contributed by atoms with Crippen LogP contribution in [0.2, 0.25) is 0 Å². The van der Waals surface area contributed by atoms with Crippen molar-refractivity contribution < 1.29 is 24.2 Å². The van der Waals surface area contributed by atoms with Crippen molar-refractivity contribution in [2.45, 2.75) is 31.7 Å². The van der Waals surface area contributed by atoms with Crippen molar-refractivity contribution in [2.24, 2.45) is 5.92 Å². The highest BCUT2D eigenvalue weighted by atomic mass is 16.5. The number of nitrogens with one attached hydrogen (secondary N) is 2. The first-order valence-electron chi connectivity index (χ1n) is 6.35. The molecule has 0 aromatic carbocycles. The first-order valence-corrected chi connectivity index (χ1v) is 6.35. The molecule has 3 N–H and O–H groups in total. The summed E-state index contributed by atoms with van der Waals surface area (Å²) < 4.78 is 4.45. The van der Waals surface area contributed by atoms with E-state index in [-0.39, 0.29) is 24.7 Å². The number of esters is 1. The van der Waals surface area contributed by atoms with Gasteiger partial charge < -0.3 is 20.5 Å². The molecule has 1 fully saturated rings. The average molecular weight is 272 g/mol. The molecule has 0 unspecified atom stereocenters. The highest BCUT2D eigenvalue weighted by Crippen LogP contribution is 2.11. The van der Waals surface area contributed by atoms with Crippen molar-refractivity contribution in [3.63, 3.8) is 0 Å². The Morgan fingerprint density at radius 3 is 2.74 bits per heavy atom. The van der Waals surface area contributed by atoms with Crippen LogP contribution in [0.15, 0.2) is 0 Å². The van der Waals surface area contributed by atoms with Gasteiger partial charge in [-0.15, -0.1) is 0 Å². The fourth-order valence-electron chi connectivity index (χ4n) is 1.99. The second-order valence-electron chi connectivity index (χ2n) is 4.56. The summed E-state index contributed by atoms with van der Waals surface area (Å²) in [6, 6.07) is -1.05. The fourth-order valence-corrected chi connectivity index (χ4v) is 1.99. The van der Waals surface area contributed by atoms with Gasteiger partial charge in [0.15, 0.2) is 0 Å². The molecule has 1 aliphatic heterocycles. The summed E-state index contributed by atoms with van der Waals surface area (Å²) in [6.45, 7) is 1.45. The molecule has 7 heteroatoms. The van der Waals surface area contributed by atoms with Crippen molar-refractivity contribution in [3.8, 4) is 0 Å². The molecule has 0 saturated carbocycles. The van der Waals surface area contributed by atoms with E-state index in [0.717, 1.165) is 19.4 Å². The minimum atomic E-state index is -1.14. The predicted molar refractivity (Wildman–Crippen MR) is 66.4 cm³/mol. The van der Waals surface area contributed by atoms with Crippen LogP contribution in [0.5, 0.6) is 0 Å². The third kappa shape index (κ3) is 5.25. The lowest BCUT2D eigenvalue weighted by Gasteiger charge is -2.23. The molecule has 1 heterocycles. The minimum absolute atomic E-state index is 0.0311. The molecule has 0 spiro atoms. The summed E-state index contributed by atoms with van der Waals surface area (Å²) in [7, 11) is 1.24. The molecule has 1 amide bonds. The van der Waals surface area contributed by atoms with Crippen LogP contribution in [-0.2, 0) is 19.1 Å². The number of hydrogen-bond acceptors (Lipinski definition) is 5. The largest absolute Gasteiger partial charge is 0.480 e. The lowest BCUT2D eigenvalue weighted by Crippen LogP contribution is -2.47. The number of methoxy groups -OCH3 is 1. The van der Waals surface area contributed by atoms with Crippen LogP contribution in [0.25, 0.3) is 0 Å². The summed E-state index contributed by atoms with van der Waals surface area (Å²) in [6.07, 6.45) is 1.66. The SMILES string of the molecule is COC(=O)CC[C@H](NC(=O)[C@H]1CCCNC1)C(=O)O. The molecule has 0 aromatic rings. The molecule has 1 aliphatic rings. The Morgan fingerprint density at radius 1 is 1.47 bits per heavy atom. The van der Waals surface area contributed by atoms with Crippen LogP contribution in [0.3, 0.4) is 0 Å². The standard InChI is InChI=1S/C12H20N2O5/c1-19-10(15)5-4-9(12(17)18)14-11(16)8-3-2-6-13-7-8/h8-9,13H,2-7H2,1H3,(H,14,16)(H,17,18)/t8-,9-/m0/s1. The van der Waals surface area contributed by atoms with Crippen molar-refractivity contribution in [2.75, 3.05) is 20.2 Å². The molecule has 7 nitrogen and oxygen atoms in total. The molecule has 1 saturated heterocycles. The Bertz CT molecular complexity index is 339. The van der Waals surface area contributed by atoms with Crippen LogP contribution in [-0.4, -0.2) is 49.2 Å². The normalized spacial score (nSPS) is 20.4. The van der Waals surface area contributed by atoms with E-state index in [1.807, 2.05) is 0 Å². The highest BCUT2D eigenvalue weighted by Gasteiger charge is 2.26. The Hall–Kier alpha value is -1.63. The molecule has 0 bridgehead atoms. The van der Waals surface area contributed by atoms with E-state index >= 15 is 0 Å². The van der Waals surface area contributed by atoms with Crippen LogP contribution in [0, 0.1) is 5.92 Å². The highest BCUT2D eigenvalue weighted by molar-refractivity contribution is 5.85. The van der Waals surface area contributed by atoms with E-state index in [1.54, 1.807) is 0 Å². The smallest absolute Gasteiger partial charge is 0.326 e. The number of carbonyl (C=O) groups is 3. The van der Waals surface area contributed by atoms with Crippen molar-refractivity contribution >= 4 is 17.8 Å². The summed E-state index contributed by atoms with van der Waals surface area (Å²) in [5.41, 5.74) is 0. The summed E-state index contributed by atoms with van der Waals surface area (Å²) in [4.78, 5) is 33.9. The topological polar surface area (TPSA) is 105 Å². The van der Waals surface area contributed by atoms with Crippen LogP contribution in [0.4, 0.5) is 0 Å². The van der Waals surface area contributed by atoms with Gasteiger partial charge >= 0.3 is 11.9 Å². The van der Waals surface area contributed by atoms with E-state index < -0.39 is 18.0 Å². The molecular formula is C12H20N2O5. The monoisotopic (exact) mass is 272 g/mol. The zero-order valence-corrected chi connectivity index (χ0v) is 11.0. The molecule has 19 heavy (non-hydrogen) atoms. The maximum Gasteiger partial charge on any atom is 0.326 e. The lowest BCUT2D eigenvalue weighted by molar-refractivity contribution is -0.144. The number of carbonyl (C=O) groups excluding carboxylic acids is 2. The van der Waals surface area contributed by atoms with Gasteiger partial charge in [-0.1, -0.05) is 0 Å². The van der Waals surface area contributed by atoms with E-state index in [2.05, 4.69) is 15.4 Å². The van der Waals surface area contributed by atoms with E-state index in [0.29, 0.717) is 6.54 Å². The minimum Gasteiger partial charge on any atom is -0.480 e. The zero-order chi connectivity index (χ0) is 14.3. The van der Waals surface area contributed by atoms with Gasteiger partial charge in [-0.25, -0.2) is 4.79 Å². The molecule has 0 aromatic heterocycles. The van der Waals surface area contributed by atoms with Gasteiger partial charge in [0, 0.05) is 13.0 Å². The lowest BCUT2D eigenvalue weighted by atomic mass is 9.98. The van der Waals surface area contributed by atoms with Gasteiger partial charge in [0.25, 0.3) is 0 Å². The summed E-state index contributed by atoms with van der Waals surface area (Å²) in [5, 5.41) is 14.6. The number of amides is 1. The van der Waals surface area contributed by atoms with Gasteiger partial charge in [-0.3, -0.25) is 9.59 Å². The van der Waals surface area contributed by atoms with Crippen LogP contribution >= 0.6 is 0 Å². The van der Waals surface area contributed by atoms with Gasteiger partial charge in [-0.05, 0) is 25.8 Å². The second-order valence-corrected chi connectivity index (χ2v) is 4.56. The zero-order valence-electron chi connectivity index (χ0n) is 11.0. The first-order chi connectivity index (χ1) is 9.04. The van der Waals surface area contributed by atoms with Crippen LogP contribution < -0.4 is 10.6 Å². The molecule has 0 aliphatic carbocycles. The Labute approximate surface area is 111 Å². The molecule has 108 valence electrons. The number of piperidine rings is 1. The number of rotatable bonds is 6. The molecule has 1 rings (SSSR count). The Balaban J connectivity index is 2.45. The van der Waals surface area contributed by atoms with Crippen molar-refractivity contribution in [1.29, 1.82) is 0 Å². The number of carboxylic acid groups (broad SMARTS) is 1. The maximum atomic E-state index is 11.9. The average Bonchev–Trinajstić information content (AvgIpc) is 2.43. The third-order valence-electron chi connectivity index (χ3n) is 3.15. The van der Waals surface area contributed by atoms with Gasteiger partial charge in [0.2, 0.25) is 5.91 Å². The number of carboxylic acids is 1. The molecular weight excluding hydrogens is 252 g/mol. The fraction of sp³-hybridized carbons (Fsp3) is 0.750. The summed E-state index contributed by atoms with van der Waals surface area (Å²) >= 11 is 0. The van der Waals surface area contributed by atoms with Gasteiger partial charge in [-0.2, -0.15) is 0 Å². The van der Waals surface area contributed by atoms with E-state index in [9.17, 15) is 14.4 Å². The van der Waals surface area contributed by atoms with E-state index in [1.165, 1.54) is 7.11 Å². The maximum absolute atomic E-state index is 11.9. The van der Waals surface area contributed by atoms with Gasteiger partial charge in [0.05, 0.1) is 13.0 Å². The van der Waals surface area contributed by atoms with Gasteiger partial charge in [0.1, 0.15) is 6.04 Å². The quantitative estimate of drug-likeness (QED) is 0.563. The first kappa shape index (κ1) is 15.4. The van der Waals surface area contributed by atoms with Crippen LogP contribution in [0.1, 0.15) is 25.7 Å². The number of aliphatic carboxylic acids is 1. The molecule has 2 atom stereocenters. The third-order valence-corrected chi connectivity index (χ3v) is 3.15. The Kier molecular flexibility index (Phi) is 6.27. The second kappa shape index (κ2) is 7.73. The number of hydrogen-bond donors (Lipinski definition) is 3. The predicted octanol–water partition coefficient (Wildman–Crippen LogP) is -0.491. The summed E-state index contributed by atoms with van der Waals surface area (Å²) in [5.74, 6) is -2.10. The van der Waals surface area contributed by atoms with Crippen molar-refractivity contribution in [1.82, 2.24) is 10.6 Å². The molecule has 0 radical (unpaired) electrons. The number of ether oxygens (including phenoxy) is 1.